The topological polar surface area (TPSA) is 436 Å². The van der Waals surface area contributed by atoms with Crippen LogP contribution in [0, 0.1) is 16.2 Å². The van der Waals surface area contributed by atoms with Gasteiger partial charge in [-0.2, -0.15) is 0 Å². The number of hydrogen-bond donors (Lipinski definition) is 8. The van der Waals surface area contributed by atoms with Gasteiger partial charge < -0.3 is 40.9 Å². The number of rotatable bonds is 34. The highest BCUT2D eigenvalue weighted by atomic mass is 16.4. The van der Waals surface area contributed by atoms with Crippen LogP contribution < -0.4 is 0 Å². The summed E-state index contributed by atoms with van der Waals surface area (Å²) in [5, 5.41) is 68.6. The third-order valence-electron chi connectivity index (χ3n) is 14.9. The molecule has 0 bridgehead atoms. The summed E-state index contributed by atoms with van der Waals surface area (Å²) >= 11 is 0. The second-order valence-electron chi connectivity index (χ2n) is 25.8. The summed E-state index contributed by atoms with van der Waals surface area (Å²) in [7, 11) is 0. The van der Waals surface area contributed by atoms with Crippen molar-refractivity contribution in [3.05, 3.63) is 241 Å². The van der Waals surface area contributed by atoms with Crippen LogP contribution in [0.4, 0.5) is 0 Å². The zero-order valence-electron chi connectivity index (χ0n) is 61.1. The van der Waals surface area contributed by atoms with Gasteiger partial charge in [0, 0.05) is 149 Å². The van der Waals surface area contributed by atoms with Gasteiger partial charge in [0.2, 0.25) is 0 Å². The number of Topliss-reactive ketones (excluding diaryl/α,β-unsaturated/α-hetero) is 2. The molecule has 0 aliphatic heterocycles. The van der Waals surface area contributed by atoms with Gasteiger partial charge in [0.1, 0.15) is 5.69 Å². The first-order valence-corrected chi connectivity index (χ1v) is 34.4. The van der Waals surface area contributed by atoms with Crippen molar-refractivity contribution < 1.29 is 88.8 Å². The molecule has 0 aliphatic rings. The fraction of sp³-hybridized carbons (Fsp3) is 0.375. The fourth-order valence-corrected chi connectivity index (χ4v) is 8.78. The van der Waals surface area contributed by atoms with E-state index < -0.39 is 64.0 Å². The van der Waals surface area contributed by atoms with Gasteiger partial charge in [0.05, 0.1) is 16.2 Å². The molecular formula is C80H100N8O18. The van der Waals surface area contributed by atoms with Crippen molar-refractivity contribution in [1.82, 2.24) is 39.9 Å². The molecule has 0 amide bonds. The van der Waals surface area contributed by atoms with E-state index in [0.717, 1.165) is 80.3 Å². The fourth-order valence-electron chi connectivity index (χ4n) is 8.78. The lowest BCUT2D eigenvalue weighted by Crippen LogP contribution is -2.26. The van der Waals surface area contributed by atoms with E-state index in [1.165, 1.54) is 11.1 Å². The summed E-state index contributed by atoms with van der Waals surface area (Å²) in [6.45, 7) is 10.3. The molecule has 8 aromatic heterocycles. The predicted molar refractivity (Wildman–Crippen MR) is 396 cm³/mol. The number of carbonyl (C=O) groups excluding carboxylic acids is 2. The number of aliphatic carboxylic acids is 8. The van der Waals surface area contributed by atoms with Crippen LogP contribution in [-0.2, 0) is 76.9 Å². The van der Waals surface area contributed by atoms with Gasteiger partial charge in [0.25, 0.3) is 0 Å². The average Bonchev–Trinajstić information content (AvgIpc) is 0.881. The molecule has 0 unspecified atom stereocenters. The molecule has 0 aromatic carbocycles. The van der Waals surface area contributed by atoms with Crippen molar-refractivity contribution >= 4 is 59.3 Å². The minimum Gasteiger partial charge on any atom is -0.481 e. The number of aryl methyl sites for hydroxylation is 3. The number of aromatic nitrogens is 8. The number of nitrogens with zero attached hydrogens (tertiary/aromatic N) is 8. The minimum atomic E-state index is -0.876. The van der Waals surface area contributed by atoms with Gasteiger partial charge in [-0.1, -0.05) is 30.3 Å². The van der Waals surface area contributed by atoms with Gasteiger partial charge >= 0.3 is 47.8 Å². The van der Waals surface area contributed by atoms with Crippen molar-refractivity contribution in [3.8, 4) is 0 Å². The van der Waals surface area contributed by atoms with E-state index in [9.17, 15) is 47.9 Å². The molecule has 0 spiro atoms. The Hall–Kier alpha value is -11.7. The summed E-state index contributed by atoms with van der Waals surface area (Å²) in [4.78, 5) is 138. The third-order valence-corrected chi connectivity index (χ3v) is 14.9. The highest BCUT2D eigenvalue weighted by Gasteiger charge is 2.29. The van der Waals surface area contributed by atoms with E-state index in [4.69, 9.17) is 40.9 Å². The third kappa shape index (κ3) is 48.2. The molecule has 0 radical (unpaired) electrons. The minimum absolute atomic E-state index is 0.0264. The molecule has 0 atom stereocenters. The molecule has 8 aromatic rings. The van der Waals surface area contributed by atoms with E-state index in [1.807, 2.05) is 91.1 Å². The monoisotopic (exact) mass is 1460 g/mol. The van der Waals surface area contributed by atoms with Crippen LogP contribution >= 0.6 is 0 Å². The molecule has 0 saturated carbocycles. The summed E-state index contributed by atoms with van der Waals surface area (Å²) < 4.78 is 0. The Balaban J connectivity index is 0.000000606. The molecular weight excluding hydrogens is 1360 g/mol. The lowest BCUT2D eigenvalue weighted by atomic mass is 9.86. The van der Waals surface area contributed by atoms with Gasteiger partial charge in [-0.25, -0.2) is 0 Å². The molecule has 8 heterocycles. The number of hydrogen-bond acceptors (Lipinski definition) is 18. The first-order valence-electron chi connectivity index (χ1n) is 34.4. The highest BCUT2D eigenvalue weighted by Crippen LogP contribution is 2.23. The van der Waals surface area contributed by atoms with Gasteiger partial charge in [-0.3, -0.25) is 87.8 Å². The Morgan fingerprint density at radius 1 is 0.283 bits per heavy atom. The van der Waals surface area contributed by atoms with Crippen molar-refractivity contribution in [2.75, 3.05) is 0 Å². The molecule has 26 nitrogen and oxygen atoms in total. The smallest absolute Gasteiger partial charge is 0.309 e. The molecule has 8 N–H and O–H groups in total. The molecule has 568 valence electrons. The van der Waals surface area contributed by atoms with Gasteiger partial charge in [-0.05, 0) is 232 Å². The Bertz CT molecular complexity index is 3440. The SMILES string of the molecule is CC(C)(Cc1ccccn1)C(=O)O.CC(C)(Cc1cccnc1)C(=O)O.CC(C)(Cc1ccncc1)C(=O)O.O=C(O)CCCC(=O)c1ccccn1.O=C(O)CCCC(=O)c1ccncc1.O=C(O)CCCCc1ccccn1.O=C(O)CCCCc1cccnc1.O=C(O)CCCCc1ccncc1. The van der Waals surface area contributed by atoms with Crippen LogP contribution in [-0.4, -0.2) is 140 Å². The van der Waals surface area contributed by atoms with Crippen molar-refractivity contribution in [2.45, 2.75) is 176 Å². The van der Waals surface area contributed by atoms with Gasteiger partial charge in [0.15, 0.2) is 11.6 Å². The predicted octanol–water partition coefficient (Wildman–Crippen LogP) is 13.9. The summed E-state index contributed by atoms with van der Waals surface area (Å²) in [6.07, 6.45) is 33.2. The number of carbonyl (C=O) groups is 10. The Morgan fingerprint density at radius 2 is 0.642 bits per heavy atom. The number of unbranched alkanes of at least 4 members (excludes halogenated alkanes) is 3. The molecule has 0 aliphatic carbocycles. The lowest BCUT2D eigenvalue weighted by molar-refractivity contribution is -0.147. The van der Waals surface area contributed by atoms with Crippen LogP contribution in [0.15, 0.2) is 196 Å². The summed E-state index contributed by atoms with van der Waals surface area (Å²) in [5.74, 6) is -6.38. The van der Waals surface area contributed by atoms with E-state index >= 15 is 0 Å². The van der Waals surface area contributed by atoms with E-state index in [0.29, 0.717) is 43.4 Å². The Kier molecular flexibility index (Phi) is 47.0. The van der Waals surface area contributed by atoms with E-state index in [2.05, 4.69) is 39.9 Å². The van der Waals surface area contributed by atoms with Crippen LogP contribution in [0.1, 0.15) is 192 Å². The second kappa shape index (κ2) is 54.0. The number of pyridine rings is 8. The van der Waals surface area contributed by atoms with E-state index in [-0.39, 0.29) is 56.5 Å². The highest BCUT2D eigenvalue weighted by molar-refractivity contribution is 5.96. The normalized spacial score (nSPS) is 10.3. The average molecular weight is 1460 g/mol. The Morgan fingerprint density at radius 3 is 1.04 bits per heavy atom. The summed E-state index contributed by atoms with van der Waals surface area (Å²) in [5.41, 5.74) is 5.02. The number of carboxylic acids is 8. The van der Waals surface area contributed by atoms with Crippen molar-refractivity contribution in [1.29, 1.82) is 0 Å². The van der Waals surface area contributed by atoms with Crippen molar-refractivity contribution in [2.24, 2.45) is 16.2 Å². The van der Waals surface area contributed by atoms with Crippen molar-refractivity contribution in [3.63, 3.8) is 0 Å². The van der Waals surface area contributed by atoms with Crippen LogP contribution in [0.5, 0.6) is 0 Å². The van der Waals surface area contributed by atoms with Gasteiger partial charge in [-0.15, -0.1) is 0 Å². The maximum absolute atomic E-state index is 11.4. The quantitative estimate of drug-likeness (QED) is 0.0137. The zero-order valence-corrected chi connectivity index (χ0v) is 61.1. The molecule has 0 saturated heterocycles. The standard InChI is InChI=1S/2C10H11NO3.6C10H13NO2/c12-9(5-3-6-10(13)14)8-4-1-2-7-11-8;12-9(2-1-3-10(13)14)8-4-6-11-7-5-8;1-10(2,9(12)13)7-8-3-5-11-6-4-8;1-10(2,9(12)13)6-8-4-3-5-11-7-8;1-10(2,9(12)13)7-8-5-3-4-6-11-8;12-10(13)7-2-1-5-9-6-3-4-8-11-9;12-10(13)6-2-1-4-9-5-3-7-11-8-9;12-10(13)4-2-1-3-9-5-7-11-8-6-9/h1-2,4,7H,3,5-6H2,(H,13,14);4-7H,1-3H2,(H,13,14);3-6H,7H2,1-2H3,(H,12,13);3-5,7H,6H2,1-2H3,(H,12,13);3-6H,7H2,1-2H3,(H,12,13);3-4,6,8H,1-2,5,7H2,(H,12,13);3,5,7-8H,1-2,4,6H2,(H,12,13);5-8H,1-4H2,(H,12,13). The largest absolute Gasteiger partial charge is 0.481 e. The molecule has 0 fully saturated rings. The number of ketones is 2. The molecule has 26 heteroatoms. The first-order chi connectivity index (χ1) is 50.3. The van der Waals surface area contributed by atoms with E-state index in [1.54, 1.807) is 146 Å². The lowest BCUT2D eigenvalue weighted by Gasteiger charge is -2.18. The summed E-state index contributed by atoms with van der Waals surface area (Å²) in [6, 6.07) is 34.8. The maximum Gasteiger partial charge on any atom is 0.309 e. The van der Waals surface area contributed by atoms with Crippen LogP contribution in [0.2, 0.25) is 0 Å². The zero-order chi connectivity index (χ0) is 79.0. The maximum atomic E-state index is 11.4. The number of carboxylic acid groups (broad SMARTS) is 8. The van der Waals surface area contributed by atoms with Crippen LogP contribution in [0.3, 0.4) is 0 Å². The molecule has 106 heavy (non-hydrogen) atoms. The van der Waals surface area contributed by atoms with Crippen LogP contribution in [0.25, 0.3) is 0 Å². The Labute approximate surface area is 618 Å². The first kappa shape index (κ1) is 92.3. The second-order valence-corrected chi connectivity index (χ2v) is 25.8. The molecule has 8 rings (SSSR count).